The lowest BCUT2D eigenvalue weighted by molar-refractivity contribution is -0.384. The molecule has 10 nitrogen and oxygen atoms in total. The first kappa shape index (κ1) is 33.1. The monoisotopic (exact) mass is 597 g/mol. The molecule has 0 radical (unpaired) electrons. The lowest BCUT2D eigenvalue weighted by atomic mass is 9.94. The van der Waals surface area contributed by atoms with Crippen LogP contribution >= 0.6 is 11.8 Å². The molecule has 2 aromatic rings. The Kier molecular flexibility index (Phi) is 13.8. The molecule has 2 N–H and O–H groups in total. The highest BCUT2D eigenvalue weighted by Crippen LogP contribution is 2.21. The molecule has 1 fully saturated rings. The van der Waals surface area contributed by atoms with Crippen LogP contribution in [0.2, 0.25) is 0 Å². The fourth-order valence-electron chi connectivity index (χ4n) is 5.15. The van der Waals surface area contributed by atoms with Gasteiger partial charge in [-0.3, -0.25) is 19.7 Å². The van der Waals surface area contributed by atoms with E-state index in [0.29, 0.717) is 50.0 Å². The van der Waals surface area contributed by atoms with E-state index in [2.05, 4.69) is 22.6 Å². The highest BCUT2D eigenvalue weighted by atomic mass is 32.2. The summed E-state index contributed by atoms with van der Waals surface area (Å²) < 4.78 is 0. The molecule has 0 heterocycles. The molecule has 0 unspecified atom stereocenters. The first-order chi connectivity index (χ1) is 20.2. The SMILES string of the molecule is CC(=O)SCCN(CCc1ccccc1)C(=O)N[C@@H](Cc1ccc([N+](=O)[O-])cc1)C(=O)NCCN(C)C1CCCCC1. The molecular formula is C31H43N5O5S. The second-order valence-electron chi connectivity index (χ2n) is 10.8. The van der Waals surface area contributed by atoms with Crippen LogP contribution in [0.25, 0.3) is 0 Å². The maximum atomic E-state index is 13.5. The predicted molar refractivity (Wildman–Crippen MR) is 166 cm³/mol. The minimum atomic E-state index is -0.876. The van der Waals surface area contributed by atoms with Gasteiger partial charge in [-0.1, -0.05) is 73.5 Å². The average molecular weight is 598 g/mol. The number of thioether (sulfide) groups is 1. The van der Waals surface area contributed by atoms with Crippen molar-refractivity contribution >= 4 is 34.5 Å². The Balaban J connectivity index is 1.68. The third-order valence-electron chi connectivity index (χ3n) is 7.63. The van der Waals surface area contributed by atoms with Crippen LogP contribution in [0.5, 0.6) is 0 Å². The van der Waals surface area contributed by atoms with Crippen molar-refractivity contribution in [3.05, 3.63) is 75.8 Å². The summed E-state index contributed by atoms with van der Waals surface area (Å²) in [5.41, 5.74) is 1.74. The molecule has 228 valence electrons. The Morgan fingerprint density at radius 2 is 1.67 bits per heavy atom. The van der Waals surface area contributed by atoms with Gasteiger partial charge in [0, 0.05) is 63.5 Å². The number of hydrogen-bond donors (Lipinski definition) is 2. The molecule has 3 rings (SSSR count). The first-order valence-corrected chi connectivity index (χ1v) is 15.7. The summed E-state index contributed by atoms with van der Waals surface area (Å²) in [5.74, 6) is 0.143. The fraction of sp³-hybridized carbons (Fsp3) is 0.516. The van der Waals surface area contributed by atoms with Crippen molar-refractivity contribution in [2.75, 3.05) is 39.0 Å². The number of nitro benzene ring substituents is 1. The Morgan fingerprint density at radius 3 is 2.31 bits per heavy atom. The Morgan fingerprint density at radius 1 is 0.976 bits per heavy atom. The molecule has 0 saturated heterocycles. The maximum absolute atomic E-state index is 13.5. The number of likely N-dealkylation sites (N-methyl/N-ethyl adjacent to an activating group) is 1. The van der Waals surface area contributed by atoms with Gasteiger partial charge in [0.15, 0.2) is 5.12 Å². The van der Waals surface area contributed by atoms with E-state index in [9.17, 15) is 24.5 Å². The van der Waals surface area contributed by atoms with Crippen LogP contribution in [0.3, 0.4) is 0 Å². The number of rotatable bonds is 15. The zero-order chi connectivity index (χ0) is 30.3. The zero-order valence-electron chi connectivity index (χ0n) is 24.6. The van der Waals surface area contributed by atoms with Crippen LogP contribution in [-0.4, -0.2) is 82.8 Å². The van der Waals surface area contributed by atoms with Crippen LogP contribution in [-0.2, 0) is 22.4 Å². The summed E-state index contributed by atoms with van der Waals surface area (Å²) in [6.07, 6.45) is 6.90. The number of nitrogens with zero attached hydrogens (tertiary/aromatic N) is 3. The number of hydrogen-bond acceptors (Lipinski definition) is 7. The van der Waals surface area contributed by atoms with Crippen LogP contribution in [0.1, 0.15) is 50.2 Å². The number of carbonyl (C=O) groups excluding carboxylic acids is 3. The second-order valence-corrected chi connectivity index (χ2v) is 12.0. The van der Waals surface area contributed by atoms with Gasteiger partial charge in [-0.25, -0.2) is 4.79 Å². The highest BCUT2D eigenvalue weighted by Gasteiger charge is 2.25. The van der Waals surface area contributed by atoms with Gasteiger partial charge in [0.2, 0.25) is 5.91 Å². The van der Waals surface area contributed by atoms with Gasteiger partial charge < -0.3 is 20.4 Å². The fourth-order valence-corrected chi connectivity index (χ4v) is 5.74. The summed E-state index contributed by atoms with van der Waals surface area (Å²) >= 11 is 1.16. The third kappa shape index (κ3) is 11.4. The quantitative estimate of drug-likeness (QED) is 0.230. The molecular weight excluding hydrogens is 554 g/mol. The first-order valence-electron chi connectivity index (χ1n) is 14.7. The summed E-state index contributed by atoms with van der Waals surface area (Å²) in [6, 6.07) is 15.1. The lowest BCUT2D eigenvalue weighted by Gasteiger charge is -2.31. The molecule has 0 bridgehead atoms. The molecule has 2 aromatic carbocycles. The Labute approximate surface area is 252 Å². The van der Waals surface area contributed by atoms with Crippen molar-refractivity contribution in [2.45, 2.75) is 64.0 Å². The minimum Gasteiger partial charge on any atom is -0.353 e. The van der Waals surface area contributed by atoms with E-state index in [4.69, 9.17) is 0 Å². The van der Waals surface area contributed by atoms with Crippen molar-refractivity contribution in [1.29, 1.82) is 0 Å². The number of urea groups is 1. The van der Waals surface area contributed by atoms with Gasteiger partial charge in [0.05, 0.1) is 4.92 Å². The van der Waals surface area contributed by atoms with E-state index < -0.39 is 17.0 Å². The number of non-ortho nitro benzene ring substituents is 1. The normalized spacial score (nSPS) is 14.3. The highest BCUT2D eigenvalue weighted by molar-refractivity contribution is 8.13. The van der Waals surface area contributed by atoms with Gasteiger partial charge in [0.25, 0.3) is 5.69 Å². The molecule has 0 spiro atoms. The molecule has 42 heavy (non-hydrogen) atoms. The van der Waals surface area contributed by atoms with E-state index in [-0.39, 0.29) is 23.1 Å². The molecule has 1 aliphatic rings. The van der Waals surface area contributed by atoms with Crippen LogP contribution in [0, 0.1) is 10.1 Å². The van der Waals surface area contributed by atoms with Gasteiger partial charge in [0.1, 0.15) is 6.04 Å². The molecule has 1 saturated carbocycles. The molecule has 1 aliphatic carbocycles. The minimum absolute atomic E-state index is 0.0213. The maximum Gasteiger partial charge on any atom is 0.318 e. The topological polar surface area (TPSA) is 125 Å². The molecule has 1 atom stereocenters. The van der Waals surface area contributed by atoms with Crippen LogP contribution < -0.4 is 10.6 Å². The van der Waals surface area contributed by atoms with E-state index in [1.807, 2.05) is 30.3 Å². The lowest BCUT2D eigenvalue weighted by Crippen LogP contribution is -2.53. The zero-order valence-corrected chi connectivity index (χ0v) is 25.4. The van der Waals surface area contributed by atoms with Crippen molar-refractivity contribution in [3.63, 3.8) is 0 Å². The summed E-state index contributed by atoms with van der Waals surface area (Å²) in [5, 5.41) is 17.0. The molecule has 3 amide bonds. The Bertz CT molecular complexity index is 1160. The number of benzene rings is 2. The average Bonchev–Trinajstić information content (AvgIpc) is 2.99. The smallest absolute Gasteiger partial charge is 0.318 e. The van der Waals surface area contributed by atoms with E-state index in [1.54, 1.807) is 17.0 Å². The molecule has 11 heteroatoms. The van der Waals surface area contributed by atoms with Crippen LogP contribution in [0.4, 0.5) is 10.5 Å². The number of carbonyl (C=O) groups is 3. The largest absolute Gasteiger partial charge is 0.353 e. The van der Waals surface area contributed by atoms with Crippen molar-refractivity contribution in [3.8, 4) is 0 Å². The third-order valence-corrected chi connectivity index (χ3v) is 8.42. The van der Waals surface area contributed by atoms with Crippen molar-refractivity contribution in [2.24, 2.45) is 0 Å². The Hall–Kier alpha value is -3.44. The van der Waals surface area contributed by atoms with E-state index in [1.165, 1.54) is 51.2 Å². The van der Waals surface area contributed by atoms with Gasteiger partial charge >= 0.3 is 6.03 Å². The van der Waals surface area contributed by atoms with Crippen molar-refractivity contribution < 1.29 is 19.3 Å². The number of amides is 3. The number of nitrogens with one attached hydrogen (secondary N) is 2. The van der Waals surface area contributed by atoms with Crippen molar-refractivity contribution in [1.82, 2.24) is 20.4 Å². The standard InChI is InChI=1S/C31H43N5O5S/c1-24(37)42-22-21-35(19-17-25-9-5-3-6-10-25)31(39)33-29(23-26-13-15-28(16-14-26)36(40)41)30(38)32-18-20-34(2)27-11-7-4-8-12-27/h3,5-6,9-10,13-16,27,29H,4,7-8,11-12,17-23H2,1-2H3,(H,32,38)(H,33,39)/t29-/m0/s1. The summed E-state index contributed by atoms with van der Waals surface area (Å²) in [6.45, 7) is 3.42. The van der Waals surface area contributed by atoms with E-state index in [0.717, 1.165) is 17.3 Å². The molecule has 0 aromatic heterocycles. The van der Waals surface area contributed by atoms with E-state index >= 15 is 0 Å². The summed E-state index contributed by atoms with van der Waals surface area (Å²) in [7, 11) is 2.09. The second kappa shape index (κ2) is 17.5. The van der Waals surface area contributed by atoms with Gasteiger partial charge in [-0.2, -0.15) is 0 Å². The van der Waals surface area contributed by atoms with Gasteiger partial charge in [-0.05, 0) is 37.4 Å². The predicted octanol–water partition coefficient (Wildman–Crippen LogP) is 4.42. The number of nitro groups is 1. The van der Waals surface area contributed by atoms with Gasteiger partial charge in [-0.15, -0.1) is 0 Å². The van der Waals surface area contributed by atoms with Crippen LogP contribution in [0.15, 0.2) is 54.6 Å². The molecule has 0 aliphatic heterocycles. The summed E-state index contributed by atoms with van der Waals surface area (Å²) in [4.78, 5) is 53.0.